The van der Waals surface area contributed by atoms with Gasteiger partial charge < -0.3 is 9.64 Å². The maximum Gasteiger partial charge on any atom is 0.318 e. The molecule has 4 rings (SSSR count). The van der Waals surface area contributed by atoms with E-state index in [1.54, 1.807) is 0 Å². The van der Waals surface area contributed by atoms with Crippen molar-refractivity contribution in [1.29, 1.82) is 0 Å². The van der Waals surface area contributed by atoms with E-state index >= 15 is 0 Å². The minimum absolute atomic E-state index is 0.171. The zero-order valence-corrected chi connectivity index (χ0v) is 27.3. The third-order valence-corrected chi connectivity index (χ3v) is 10.1. The number of nitro groups is 2. The average molecular weight is 608 g/mol. The molecule has 2 aromatic carbocycles. The maximum atomic E-state index is 12.0. The summed E-state index contributed by atoms with van der Waals surface area (Å²) in [5, 5.41) is 23.5. The standard InChI is InChI=1S/C36H53N3O5/c1-4-5-6-7-8-9-10-11-12-13-14-15-16-17-18-21-26-37-32-23-20-19-22-31(32)35(2,3)36(37)25-24-29-27-30(38(40)41)28-33(39(42)43)34(29)44-36/h19-20,22-23,27-28H,4-18,21,24-26H2,1-3H3. The fraction of sp³-hybridized carbons (Fsp3) is 0.667. The van der Waals surface area contributed by atoms with Gasteiger partial charge in [0.1, 0.15) is 0 Å². The molecule has 1 atom stereocenters. The van der Waals surface area contributed by atoms with Gasteiger partial charge in [0.05, 0.1) is 21.3 Å². The van der Waals surface area contributed by atoms with Gasteiger partial charge >= 0.3 is 5.69 Å². The van der Waals surface area contributed by atoms with Crippen LogP contribution in [0.15, 0.2) is 36.4 Å². The quantitative estimate of drug-likeness (QED) is 0.0895. The van der Waals surface area contributed by atoms with Crippen LogP contribution in [0.1, 0.15) is 141 Å². The Bertz CT molecular complexity index is 1260. The Morgan fingerprint density at radius 1 is 0.773 bits per heavy atom. The molecule has 8 nitrogen and oxygen atoms in total. The minimum atomic E-state index is -0.805. The number of rotatable bonds is 19. The van der Waals surface area contributed by atoms with Gasteiger partial charge in [0.15, 0.2) is 5.72 Å². The molecule has 0 saturated heterocycles. The van der Waals surface area contributed by atoms with Crippen LogP contribution in [0.4, 0.5) is 17.1 Å². The second-order valence-corrected chi connectivity index (χ2v) is 13.5. The van der Waals surface area contributed by atoms with Crippen LogP contribution in [0.25, 0.3) is 0 Å². The molecule has 0 N–H and O–H groups in total. The molecule has 0 saturated carbocycles. The predicted molar refractivity (Wildman–Crippen MR) is 178 cm³/mol. The van der Waals surface area contributed by atoms with Crippen molar-refractivity contribution in [2.75, 3.05) is 11.4 Å². The van der Waals surface area contributed by atoms with E-state index < -0.39 is 21.0 Å². The average Bonchev–Trinajstić information content (AvgIpc) is 3.18. The predicted octanol–water partition coefficient (Wildman–Crippen LogP) is 10.6. The molecule has 2 heterocycles. The summed E-state index contributed by atoms with van der Waals surface area (Å²) in [7, 11) is 0. The van der Waals surface area contributed by atoms with Crippen molar-refractivity contribution in [2.45, 2.75) is 147 Å². The molecule has 0 fully saturated rings. The molecule has 2 aromatic rings. The Hall–Kier alpha value is -3.16. The first-order chi connectivity index (χ1) is 21.2. The van der Waals surface area contributed by atoms with Crippen LogP contribution in [0.3, 0.4) is 0 Å². The third-order valence-electron chi connectivity index (χ3n) is 10.1. The van der Waals surface area contributed by atoms with E-state index in [1.165, 1.54) is 102 Å². The van der Waals surface area contributed by atoms with Crippen molar-refractivity contribution in [3.8, 4) is 5.75 Å². The number of para-hydroxylation sites is 1. The summed E-state index contributed by atoms with van der Waals surface area (Å²) in [4.78, 5) is 24.7. The van der Waals surface area contributed by atoms with Crippen molar-refractivity contribution < 1.29 is 14.6 Å². The molecule has 2 aliphatic heterocycles. The summed E-state index contributed by atoms with van der Waals surface area (Å²) in [6.45, 7) is 7.38. The van der Waals surface area contributed by atoms with Crippen LogP contribution in [0.2, 0.25) is 0 Å². The van der Waals surface area contributed by atoms with Crippen LogP contribution in [-0.4, -0.2) is 22.1 Å². The van der Waals surface area contributed by atoms with Crippen LogP contribution in [0.5, 0.6) is 5.75 Å². The number of hydrogen-bond acceptors (Lipinski definition) is 6. The molecule has 0 radical (unpaired) electrons. The molecule has 1 spiro atoms. The Morgan fingerprint density at radius 3 is 1.86 bits per heavy atom. The lowest BCUT2D eigenvalue weighted by molar-refractivity contribution is -0.395. The number of aryl methyl sites for hydroxylation is 1. The van der Waals surface area contributed by atoms with Crippen LogP contribution >= 0.6 is 0 Å². The van der Waals surface area contributed by atoms with Crippen molar-refractivity contribution >= 4 is 17.1 Å². The zero-order chi connectivity index (χ0) is 31.6. The fourth-order valence-corrected chi connectivity index (χ4v) is 7.45. The van der Waals surface area contributed by atoms with Crippen LogP contribution < -0.4 is 9.64 Å². The van der Waals surface area contributed by atoms with Gasteiger partial charge in [-0.25, -0.2) is 0 Å². The molecule has 0 bridgehead atoms. The monoisotopic (exact) mass is 607 g/mol. The van der Waals surface area contributed by atoms with Crippen molar-refractivity contribution in [1.82, 2.24) is 0 Å². The number of fused-ring (bicyclic) bond motifs is 2. The highest BCUT2D eigenvalue weighted by molar-refractivity contribution is 5.68. The lowest BCUT2D eigenvalue weighted by Gasteiger charge is -2.49. The van der Waals surface area contributed by atoms with Gasteiger partial charge in [-0.1, -0.05) is 121 Å². The van der Waals surface area contributed by atoms with Crippen molar-refractivity contribution in [3.63, 3.8) is 0 Å². The maximum absolute atomic E-state index is 12.0. The van der Waals surface area contributed by atoms with Crippen LogP contribution in [-0.2, 0) is 11.8 Å². The SMILES string of the molecule is CCCCCCCCCCCCCCCCCCN1c2ccccc2C(C)(C)C12CCc1cc([N+](=O)[O-])cc([N+](=O)[O-])c1O2. The number of benzene rings is 2. The first kappa shape index (κ1) is 33.7. The smallest absolute Gasteiger partial charge is 0.318 e. The molecular formula is C36H53N3O5. The Balaban J connectivity index is 1.30. The first-order valence-electron chi connectivity index (χ1n) is 17.2. The van der Waals surface area contributed by atoms with Gasteiger partial charge in [0.25, 0.3) is 5.69 Å². The number of unbranched alkanes of at least 4 members (excludes halogenated alkanes) is 15. The number of non-ortho nitro benzene ring substituents is 1. The molecule has 1 unspecified atom stereocenters. The van der Waals surface area contributed by atoms with Gasteiger partial charge in [-0.05, 0) is 38.3 Å². The third kappa shape index (κ3) is 7.55. The summed E-state index contributed by atoms with van der Waals surface area (Å²) in [5.41, 5.74) is 0.976. The summed E-state index contributed by atoms with van der Waals surface area (Å²) < 4.78 is 6.76. The normalized spacial score (nSPS) is 18.2. The van der Waals surface area contributed by atoms with Crippen molar-refractivity contribution in [3.05, 3.63) is 67.8 Å². The van der Waals surface area contributed by atoms with E-state index in [9.17, 15) is 20.2 Å². The first-order valence-corrected chi connectivity index (χ1v) is 17.2. The molecule has 242 valence electrons. The number of nitrogens with zero attached hydrogens (tertiary/aromatic N) is 3. The van der Waals surface area contributed by atoms with E-state index in [0.29, 0.717) is 18.4 Å². The van der Waals surface area contributed by atoms with Gasteiger partial charge in [-0.3, -0.25) is 20.2 Å². The van der Waals surface area contributed by atoms with Crippen molar-refractivity contribution in [2.24, 2.45) is 0 Å². The summed E-state index contributed by atoms with van der Waals surface area (Å²) in [6, 6.07) is 10.8. The lowest BCUT2D eigenvalue weighted by atomic mass is 9.74. The van der Waals surface area contributed by atoms with E-state index in [1.807, 2.05) is 12.1 Å². The van der Waals surface area contributed by atoms with Gasteiger partial charge in [-0.15, -0.1) is 0 Å². The van der Waals surface area contributed by atoms with E-state index in [4.69, 9.17) is 4.74 Å². The van der Waals surface area contributed by atoms with Gasteiger partial charge in [-0.2, -0.15) is 0 Å². The highest BCUT2D eigenvalue weighted by Gasteiger charge is 2.60. The number of nitro benzene ring substituents is 2. The summed E-state index contributed by atoms with van der Waals surface area (Å²) >= 11 is 0. The molecule has 0 aromatic heterocycles. The van der Waals surface area contributed by atoms with E-state index in [2.05, 4.69) is 37.8 Å². The Morgan fingerprint density at radius 2 is 1.32 bits per heavy atom. The van der Waals surface area contributed by atoms with Gasteiger partial charge in [0.2, 0.25) is 5.75 Å². The number of ether oxygens (including phenoxy) is 1. The second-order valence-electron chi connectivity index (χ2n) is 13.5. The molecule has 2 aliphatic rings. The molecule has 0 aliphatic carbocycles. The second kappa shape index (κ2) is 15.7. The molecule has 8 heteroatoms. The fourth-order valence-electron chi connectivity index (χ4n) is 7.45. The Labute approximate surface area is 263 Å². The summed E-state index contributed by atoms with van der Waals surface area (Å²) in [6.07, 6.45) is 22.2. The van der Waals surface area contributed by atoms with E-state index in [0.717, 1.165) is 31.1 Å². The van der Waals surface area contributed by atoms with E-state index in [-0.39, 0.29) is 17.1 Å². The largest absolute Gasteiger partial charge is 0.459 e. The van der Waals surface area contributed by atoms with Gasteiger partial charge in [0, 0.05) is 30.3 Å². The zero-order valence-electron chi connectivity index (χ0n) is 27.3. The van der Waals surface area contributed by atoms with Crippen LogP contribution in [0, 0.1) is 20.2 Å². The number of hydrogen-bond donors (Lipinski definition) is 0. The molecule has 44 heavy (non-hydrogen) atoms. The highest BCUT2D eigenvalue weighted by Crippen LogP contribution is 2.57. The summed E-state index contributed by atoms with van der Waals surface area (Å²) in [5.74, 6) is 0.171. The molecular weight excluding hydrogens is 554 g/mol. The topological polar surface area (TPSA) is 98.8 Å². The minimum Gasteiger partial charge on any atom is -0.459 e. The molecule has 0 amide bonds. The highest BCUT2D eigenvalue weighted by atomic mass is 16.6. The lowest BCUT2D eigenvalue weighted by Crippen LogP contribution is -2.61. The number of anilines is 1. The Kier molecular flexibility index (Phi) is 12.0.